The topological polar surface area (TPSA) is 50.8 Å². The Balaban J connectivity index is 1.42. The molecule has 0 aromatic heterocycles. The summed E-state index contributed by atoms with van der Waals surface area (Å²) in [4.78, 5) is 15.2. The molecule has 3 aromatic carbocycles. The van der Waals surface area contributed by atoms with Crippen LogP contribution in [0.1, 0.15) is 36.1 Å². The van der Waals surface area contributed by atoms with Crippen molar-refractivity contribution in [3.05, 3.63) is 95.6 Å². The minimum atomic E-state index is -0.163. The van der Waals surface area contributed by atoms with Crippen LogP contribution in [0.3, 0.4) is 0 Å². The van der Waals surface area contributed by atoms with Gasteiger partial charge in [-0.05, 0) is 24.1 Å². The maximum Gasteiger partial charge on any atom is 0.222 e. The van der Waals surface area contributed by atoms with Crippen molar-refractivity contribution in [2.75, 3.05) is 20.2 Å². The van der Waals surface area contributed by atoms with Crippen LogP contribution in [0.15, 0.2) is 78.9 Å². The van der Waals surface area contributed by atoms with E-state index >= 15 is 0 Å². The van der Waals surface area contributed by atoms with E-state index in [0.29, 0.717) is 13.0 Å². The van der Waals surface area contributed by atoms with Crippen molar-refractivity contribution in [3.8, 4) is 11.5 Å². The smallest absolute Gasteiger partial charge is 0.222 e. The van der Waals surface area contributed by atoms with Gasteiger partial charge in [-0.2, -0.15) is 0 Å². The molecule has 0 saturated heterocycles. The second-order valence-corrected chi connectivity index (χ2v) is 8.21. The lowest BCUT2D eigenvalue weighted by atomic mass is 9.98. The van der Waals surface area contributed by atoms with Crippen molar-refractivity contribution in [3.63, 3.8) is 0 Å². The molecule has 0 saturated carbocycles. The number of hydrogen-bond acceptors (Lipinski definition) is 4. The zero-order chi connectivity index (χ0) is 22.3. The fourth-order valence-electron chi connectivity index (χ4n) is 4.14. The molecular formula is C27H30N2O3. The van der Waals surface area contributed by atoms with Gasteiger partial charge >= 0.3 is 0 Å². The number of hydrogen-bond donors (Lipinski definition) is 1. The first-order valence-electron chi connectivity index (χ1n) is 11.1. The van der Waals surface area contributed by atoms with Crippen LogP contribution in [0.2, 0.25) is 0 Å². The van der Waals surface area contributed by atoms with Gasteiger partial charge in [0.15, 0.2) is 0 Å². The average molecular weight is 431 g/mol. The summed E-state index contributed by atoms with van der Waals surface area (Å²) in [5.74, 6) is 1.68. The van der Waals surface area contributed by atoms with Crippen molar-refractivity contribution in [2.24, 2.45) is 0 Å². The van der Waals surface area contributed by atoms with Gasteiger partial charge in [0.2, 0.25) is 5.91 Å². The Morgan fingerprint density at radius 2 is 1.72 bits per heavy atom. The van der Waals surface area contributed by atoms with E-state index < -0.39 is 0 Å². The van der Waals surface area contributed by atoms with Crippen LogP contribution < -0.4 is 14.8 Å². The third-order valence-corrected chi connectivity index (χ3v) is 5.74. The van der Waals surface area contributed by atoms with Gasteiger partial charge in [0.05, 0.1) is 13.2 Å². The van der Waals surface area contributed by atoms with Crippen LogP contribution in [0.25, 0.3) is 0 Å². The molecule has 1 aliphatic rings. The molecule has 32 heavy (non-hydrogen) atoms. The third kappa shape index (κ3) is 5.48. The van der Waals surface area contributed by atoms with Crippen molar-refractivity contribution >= 4 is 5.91 Å². The summed E-state index contributed by atoms with van der Waals surface area (Å²) in [7, 11) is 1.66. The van der Waals surface area contributed by atoms with Crippen molar-refractivity contribution in [1.29, 1.82) is 0 Å². The van der Waals surface area contributed by atoms with Crippen LogP contribution in [0, 0.1) is 0 Å². The summed E-state index contributed by atoms with van der Waals surface area (Å²) in [6.07, 6.45) is 0.460. The molecule has 0 fully saturated rings. The molecule has 5 heteroatoms. The highest BCUT2D eigenvalue weighted by molar-refractivity contribution is 5.77. The first kappa shape index (κ1) is 21.9. The maximum absolute atomic E-state index is 13.0. The molecule has 0 bridgehead atoms. The molecule has 166 valence electrons. The number of carbonyl (C=O) groups is 1. The second-order valence-electron chi connectivity index (χ2n) is 8.21. The van der Waals surface area contributed by atoms with E-state index in [-0.39, 0.29) is 18.1 Å². The van der Waals surface area contributed by atoms with Crippen LogP contribution in [-0.4, -0.2) is 37.1 Å². The zero-order valence-electron chi connectivity index (χ0n) is 18.7. The van der Waals surface area contributed by atoms with Gasteiger partial charge in [-0.25, -0.2) is 0 Å². The Labute approximate surface area is 190 Å². The molecule has 0 radical (unpaired) electrons. The number of rotatable bonds is 7. The molecule has 3 aromatic rings. The Bertz CT molecular complexity index is 984. The van der Waals surface area contributed by atoms with Crippen LogP contribution >= 0.6 is 0 Å². The number of fused-ring (bicyclic) bond motifs is 1. The fraction of sp³-hybridized carbons (Fsp3) is 0.296. The molecule has 0 unspecified atom stereocenters. The monoisotopic (exact) mass is 430 g/mol. The quantitative estimate of drug-likeness (QED) is 0.596. The minimum Gasteiger partial charge on any atom is -0.497 e. The minimum absolute atomic E-state index is 0.0350. The second kappa shape index (κ2) is 10.3. The first-order chi connectivity index (χ1) is 15.6. The van der Waals surface area contributed by atoms with Crippen molar-refractivity contribution < 1.29 is 14.3 Å². The number of carbonyl (C=O) groups excluding carboxylic acids is 1. The number of nitrogens with one attached hydrogen (secondary N) is 1. The Kier molecular flexibility index (Phi) is 7.07. The molecule has 0 aliphatic carbocycles. The number of nitrogens with zero attached hydrogens (tertiary/aromatic N) is 1. The summed E-state index contributed by atoms with van der Waals surface area (Å²) in [6, 6.07) is 26.0. The molecule has 4 rings (SSSR count). The highest BCUT2D eigenvalue weighted by Gasteiger charge is 2.22. The highest BCUT2D eigenvalue weighted by Crippen LogP contribution is 2.29. The third-order valence-electron chi connectivity index (χ3n) is 5.74. The summed E-state index contributed by atoms with van der Waals surface area (Å²) >= 11 is 0. The van der Waals surface area contributed by atoms with E-state index in [1.807, 2.05) is 54.6 Å². The SMILES string of the molecule is COc1ccc2c(c1)O[C@H](C)CN(CCC(=O)NC(c1ccccc1)c1ccccc1)C2. The highest BCUT2D eigenvalue weighted by atomic mass is 16.5. The molecule has 1 N–H and O–H groups in total. The lowest BCUT2D eigenvalue weighted by Gasteiger charge is -2.23. The maximum atomic E-state index is 13.0. The van der Waals surface area contributed by atoms with Crippen molar-refractivity contribution in [2.45, 2.75) is 32.0 Å². The zero-order valence-corrected chi connectivity index (χ0v) is 18.7. The Morgan fingerprint density at radius 3 is 2.34 bits per heavy atom. The molecule has 1 aliphatic heterocycles. The molecule has 1 amide bonds. The fourth-order valence-corrected chi connectivity index (χ4v) is 4.14. The van der Waals surface area contributed by atoms with Gasteiger partial charge in [-0.15, -0.1) is 0 Å². The lowest BCUT2D eigenvalue weighted by molar-refractivity contribution is -0.122. The van der Waals surface area contributed by atoms with Crippen molar-refractivity contribution in [1.82, 2.24) is 10.2 Å². The summed E-state index contributed by atoms with van der Waals surface area (Å²) < 4.78 is 11.4. The van der Waals surface area contributed by atoms with Gasteiger partial charge in [0.1, 0.15) is 17.6 Å². The molecule has 1 atom stereocenters. The van der Waals surface area contributed by atoms with Crippen LogP contribution in [-0.2, 0) is 11.3 Å². The van der Waals surface area contributed by atoms with Crippen LogP contribution in [0.4, 0.5) is 0 Å². The van der Waals surface area contributed by atoms with Gasteiger partial charge in [0, 0.05) is 37.7 Å². The van der Waals surface area contributed by atoms with Gasteiger partial charge in [0.25, 0.3) is 0 Å². The van der Waals surface area contributed by atoms with E-state index in [2.05, 4.69) is 41.4 Å². The first-order valence-corrected chi connectivity index (χ1v) is 11.1. The summed E-state index contributed by atoms with van der Waals surface area (Å²) in [5, 5.41) is 3.24. The summed E-state index contributed by atoms with van der Waals surface area (Å²) in [6.45, 7) is 4.24. The Morgan fingerprint density at radius 1 is 1.06 bits per heavy atom. The molecule has 5 nitrogen and oxygen atoms in total. The standard InChI is InChI=1S/C27H30N2O3/c1-20-18-29(19-23-13-14-24(31-2)17-25(23)32-20)16-15-26(30)28-27(21-9-5-3-6-10-21)22-11-7-4-8-12-22/h3-14,17,20,27H,15-16,18-19H2,1-2H3,(H,28,30)/t20-/m1/s1. The van der Waals surface area contributed by atoms with Gasteiger partial charge in [-0.1, -0.05) is 66.7 Å². The molecule has 1 heterocycles. The number of methoxy groups -OCH3 is 1. The number of amides is 1. The molecule has 0 spiro atoms. The van der Waals surface area contributed by atoms with E-state index in [4.69, 9.17) is 9.47 Å². The number of benzene rings is 3. The largest absolute Gasteiger partial charge is 0.497 e. The van der Waals surface area contributed by atoms with Crippen LogP contribution in [0.5, 0.6) is 11.5 Å². The Hall–Kier alpha value is -3.31. The lowest BCUT2D eigenvalue weighted by Crippen LogP contribution is -2.36. The average Bonchev–Trinajstić information content (AvgIpc) is 2.99. The van der Waals surface area contributed by atoms with Gasteiger partial charge < -0.3 is 14.8 Å². The number of ether oxygens (including phenoxy) is 2. The predicted molar refractivity (Wildman–Crippen MR) is 126 cm³/mol. The van der Waals surface area contributed by atoms with E-state index in [9.17, 15) is 4.79 Å². The van der Waals surface area contributed by atoms with E-state index in [1.54, 1.807) is 7.11 Å². The predicted octanol–water partition coefficient (Wildman–Crippen LogP) is 4.57. The molecular weight excluding hydrogens is 400 g/mol. The van der Waals surface area contributed by atoms with E-state index in [1.165, 1.54) is 0 Å². The summed E-state index contributed by atoms with van der Waals surface area (Å²) in [5.41, 5.74) is 3.26. The van der Waals surface area contributed by atoms with E-state index in [0.717, 1.165) is 41.3 Å². The normalized spacial score (nSPS) is 16.0. The van der Waals surface area contributed by atoms with Gasteiger partial charge in [-0.3, -0.25) is 9.69 Å².